The van der Waals surface area contributed by atoms with Gasteiger partial charge in [0, 0.05) is 13.7 Å². The van der Waals surface area contributed by atoms with Crippen LogP contribution in [-0.2, 0) is 4.74 Å². The summed E-state index contributed by atoms with van der Waals surface area (Å²) in [7, 11) is 1.70. The van der Waals surface area contributed by atoms with Gasteiger partial charge in [-0.15, -0.1) is 0 Å². The molecular formula is C6H14NO. The van der Waals surface area contributed by atoms with Gasteiger partial charge in [0.1, 0.15) is 6.23 Å². The van der Waals surface area contributed by atoms with Crippen molar-refractivity contribution in [3.05, 3.63) is 6.54 Å². The Bertz CT molecular complexity index is 43.8. The van der Waals surface area contributed by atoms with Gasteiger partial charge < -0.3 is 4.74 Å². The predicted molar refractivity (Wildman–Crippen MR) is 34.2 cm³/mol. The quantitative estimate of drug-likeness (QED) is 0.556. The van der Waals surface area contributed by atoms with E-state index < -0.39 is 0 Å². The van der Waals surface area contributed by atoms with Crippen molar-refractivity contribution in [2.24, 2.45) is 0 Å². The third kappa shape index (κ3) is 2.99. The number of hydrogen-bond acceptors (Lipinski definition) is 2. The maximum atomic E-state index is 5.00. The van der Waals surface area contributed by atoms with Gasteiger partial charge in [-0.2, -0.15) is 0 Å². The average molecular weight is 116 g/mol. The van der Waals surface area contributed by atoms with Crippen LogP contribution < -0.4 is 5.32 Å². The molecule has 1 N–H and O–H groups in total. The summed E-state index contributed by atoms with van der Waals surface area (Å²) in [6.07, 6.45) is 1.20. The summed E-state index contributed by atoms with van der Waals surface area (Å²) in [4.78, 5) is 0. The lowest BCUT2D eigenvalue weighted by molar-refractivity contribution is 0.0787. The van der Waals surface area contributed by atoms with Crippen LogP contribution in [0, 0.1) is 6.54 Å². The van der Waals surface area contributed by atoms with E-state index in [1.165, 1.54) is 0 Å². The van der Waals surface area contributed by atoms with Crippen molar-refractivity contribution in [1.29, 1.82) is 0 Å². The highest BCUT2D eigenvalue weighted by molar-refractivity contribution is 4.56. The minimum atomic E-state index is 0.194. The van der Waals surface area contributed by atoms with Crippen molar-refractivity contribution in [3.8, 4) is 0 Å². The van der Waals surface area contributed by atoms with Gasteiger partial charge >= 0.3 is 0 Å². The maximum Gasteiger partial charge on any atom is 0.107 e. The van der Waals surface area contributed by atoms with Gasteiger partial charge in [0.05, 0.1) is 0 Å². The third-order valence-corrected chi connectivity index (χ3v) is 1.01. The fourth-order valence-electron chi connectivity index (χ4n) is 0.538. The van der Waals surface area contributed by atoms with Crippen molar-refractivity contribution in [1.82, 2.24) is 5.32 Å². The normalized spacial score (nSPS) is 13.9. The first-order valence-electron chi connectivity index (χ1n) is 2.91. The second-order valence-electron chi connectivity index (χ2n) is 1.59. The smallest absolute Gasteiger partial charge is 0.107 e. The molecule has 0 aromatic heterocycles. The zero-order valence-corrected chi connectivity index (χ0v) is 5.77. The Morgan fingerprint density at radius 2 is 2.38 bits per heavy atom. The Morgan fingerprint density at radius 1 is 1.75 bits per heavy atom. The Labute approximate surface area is 51.2 Å². The minimum Gasteiger partial charge on any atom is -0.367 e. The van der Waals surface area contributed by atoms with Gasteiger partial charge in [0.25, 0.3) is 0 Å². The van der Waals surface area contributed by atoms with Crippen LogP contribution >= 0.6 is 0 Å². The first kappa shape index (κ1) is 7.92. The second-order valence-corrected chi connectivity index (χ2v) is 1.59. The summed E-state index contributed by atoms with van der Waals surface area (Å²) >= 11 is 0. The molecule has 0 saturated carbocycles. The third-order valence-electron chi connectivity index (χ3n) is 1.01. The molecule has 0 bridgehead atoms. The van der Waals surface area contributed by atoms with Crippen molar-refractivity contribution < 1.29 is 4.74 Å². The fraction of sp³-hybridized carbons (Fsp3) is 0.833. The van der Waals surface area contributed by atoms with Crippen molar-refractivity contribution in [2.75, 3.05) is 7.11 Å². The van der Waals surface area contributed by atoms with E-state index in [9.17, 15) is 0 Å². The Morgan fingerprint density at radius 3 is 2.50 bits per heavy atom. The maximum absolute atomic E-state index is 5.00. The summed E-state index contributed by atoms with van der Waals surface area (Å²) in [5, 5.41) is 3.03. The van der Waals surface area contributed by atoms with Crippen molar-refractivity contribution in [2.45, 2.75) is 26.5 Å². The van der Waals surface area contributed by atoms with Gasteiger partial charge in [0.2, 0.25) is 0 Å². The molecule has 0 rings (SSSR count). The molecule has 8 heavy (non-hydrogen) atoms. The molecule has 0 saturated heterocycles. The highest BCUT2D eigenvalue weighted by Gasteiger charge is 1.97. The van der Waals surface area contributed by atoms with Gasteiger partial charge in [0.15, 0.2) is 0 Å². The molecule has 0 aliphatic rings. The van der Waals surface area contributed by atoms with E-state index in [-0.39, 0.29) is 6.23 Å². The Balaban J connectivity index is 3.07. The summed E-state index contributed by atoms with van der Waals surface area (Å²) in [5.74, 6) is 0. The van der Waals surface area contributed by atoms with Crippen LogP contribution in [0.15, 0.2) is 0 Å². The minimum absolute atomic E-state index is 0.194. The molecule has 1 atom stereocenters. The monoisotopic (exact) mass is 116 g/mol. The lowest BCUT2D eigenvalue weighted by Crippen LogP contribution is -2.26. The standard InChI is InChI=1S/C6H14NO/c1-4-6(8-3)7-5-2/h5-7H,4H2,1-3H3. The molecule has 0 aromatic rings. The SMILES string of the molecule is C[CH]NC(CC)OC. The second kappa shape index (κ2) is 5.06. The van der Waals surface area contributed by atoms with E-state index in [2.05, 4.69) is 12.2 Å². The average Bonchev–Trinajstić information content (AvgIpc) is 1.83. The topological polar surface area (TPSA) is 21.3 Å². The molecule has 0 fully saturated rings. The van der Waals surface area contributed by atoms with E-state index in [1.54, 1.807) is 7.11 Å². The van der Waals surface area contributed by atoms with Crippen LogP contribution in [0.3, 0.4) is 0 Å². The van der Waals surface area contributed by atoms with Gasteiger partial charge in [-0.05, 0) is 13.3 Å². The van der Waals surface area contributed by atoms with Crippen molar-refractivity contribution in [3.63, 3.8) is 0 Å². The first-order chi connectivity index (χ1) is 3.85. The molecule has 49 valence electrons. The largest absolute Gasteiger partial charge is 0.367 e. The number of rotatable bonds is 4. The molecule has 1 radical (unpaired) electrons. The fourth-order valence-corrected chi connectivity index (χ4v) is 0.538. The zero-order chi connectivity index (χ0) is 6.41. The summed E-state index contributed by atoms with van der Waals surface area (Å²) < 4.78 is 5.00. The van der Waals surface area contributed by atoms with Crippen LogP contribution in [0.2, 0.25) is 0 Å². The predicted octanol–water partition coefficient (Wildman–Crippen LogP) is 1.14. The molecule has 2 heteroatoms. The summed E-state index contributed by atoms with van der Waals surface area (Å²) in [5.41, 5.74) is 0. The van der Waals surface area contributed by atoms with E-state index in [4.69, 9.17) is 4.74 Å². The van der Waals surface area contributed by atoms with Crippen LogP contribution in [0.1, 0.15) is 20.3 Å². The van der Waals surface area contributed by atoms with E-state index in [1.807, 2.05) is 13.5 Å². The lowest BCUT2D eigenvalue weighted by Gasteiger charge is -2.11. The van der Waals surface area contributed by atoms with Gasteiger partial charge in [-0.1, -0.05) is 6.92 Å². The van der Waals surface area contributed by atoms with Crippen molar-refractivity contribution >= 4 is 0 Å². The Kier molecular flexibility index (Phi) is 5.01. The van der Waals surface area contributed by atoms with E-state index in [0.717, 1.165) is 6.42 Å². The number of methoxy groups -OCH3 is 1. The van der Waals surface area contributed by atoms with E-state index >= 15 is 0 Å². The summed E-state index contributed by atoms with van der Waals surface area (Å²) in [6, 6.07) is 0. The number of nitrogens with one attached hydrogen (secondary N) is 1. The molecule has 0 aliphatic heterocycles. The van der Waals surface area contributed by atoms with Crippen LogP contribution in [0.25, 0.3) is 0 Å². The highest BCUT2D eigenvalue weighted by atomic mass is 16.5. The lowest BCUT2D eigenvalue weighted by atomic mass is 10.4. The molecule has 1 unspecified atom stereocenters. The molecule has 0 spiro atoms. The van der Waals surface area contributed by atoms with Gasteiger partial charge in [-0.25, -0.2) is 0 Å². The first-order valence-corrected chi connectivity index (χ1v) is 2.91. The highest BCUT2D eigenvalue weighted by Crippen LogP contribution is 1.89. The molecule has 0 aliphatic carbocycles. The molecule has 0 aromatic carbocycles. The van der Waals surface area contributed by atoms with Crippen LogP contribution in [0.5, 0.6) is 0 Å². The van der Waals surface area contributed by atoms with Crippen LogP contribution in [0.4, 0.5) is 0 Å². The number of hydrogen-bond donors (Lipinski definition) is 1. The summed E-state index contributed by atoms with van der Waals surface area (Å²) in [6.45, 7) is 5.91. The van der Waals surface area contributed by atoms with E-state index in [0.29, 0.717) is 0 Å². The molecule has 0 heterocycles. The Hall–Kier alpha value is -0.0800. The molecule has 0 amide bonds. The molecule has 2 nitrogen and oxygen atoms in total. The molecular weight excluding hydrogens is 102 g/mol. The van der Waals surface area contributed by atoms with Gasteiger partial charge in [-0.3, -0.25) is 5.32 Å². The van der Waals surface area contributed by atoms with Crippen LogP contribution in [-0.4, -0.2) is 13.3 Å². The zero-order valence-electron chi connectivity index (χ0n) is 5.77. The number of ether oxygens (including phenoxy) is 1.